The Labute approximate surface area is 132 Å². The number of carbonyl (C=O) groups is 1. The number of Topliss-reactive ketones (excluding diaryl/α,β-unsaturated/α-hetero) is 1. The molecule has 2 nitrogen and oxygen atoms in total. The van der Waals surface area contributed by atoms with Crippen LogP contribution in [0.15, 0.2) is 53.4 Å². The van der Waals surface area contributed by atoms with Gasteiger partial charge in [0.1, 0.15) is 0 Å². The molecule has 2 aromatic rings. The molecule has 2 rings (SSSR count). The van der Waals surface area contributed by atoms with E-state index in [2.05, 4.69) is 13.8 Å². The summed E-state index contributed by atoms with van der Waals surface area (Å²) in [5.41, 5.74) is 1.76. The summed E-state index contributed by atoms with van der Waals surface area (Å²) in [4.78, 5) is 12.7. The van der Waals surface area contributed by atoms with Crippen molar-refractivity contribution in [3.8, 4) is 0 Å². The van der Waals surface area contributed by atoms with Gasteiger partial charge in [0.2, 0.25) is 0 Å². The molecular formula is C17H17ClO2S. The molecule has 0 saturated carbocycles. The van der Waals surface area contributed by atoms with Crippen molar-refractivity contribution < 1.29 is 9.00 Å². The van der Waals surface area contributed by atoms with E-state index in [-0.39, 0.29) is 11.5 Å². The molecule has 0 heterocycles. The number of benzene rings is 2. The van der Waals surface area contributed by atoms with Crippen LogP contribution in [0, 0.1) is 0 Å². The Morgan fingerprint density at radius 1 is 1.10 bits per heavy atom. The quantitative estimate of drug-likeness (QED) is 0.762. The summed E-state index contributed by atoms with van der Waals surface area (Å²) in [6.07, 6.45) is 0. The molecule has 0 bridgehead atoms. The Kier molecular flexibility index (Phi) is 5.32. The fraction of sp³-hybridized carbons (Fsp3) is 0.235. The predicted octanol–water partition coefficient (Wildman–Crippen LogP) is 4.45. The Morgan fingerprint density at radius 3 is 2.29 bits per heavy atom. The molecule has 0 aliphatic rings. The zero-order chi connectivity index (χ0) is 15.4. The summed E-state index contributed by atoms with van der Waals surface area (Å²) in [6.45, 7) is 4.20. The molecule has 110 valence electrons. The molecule has 0 amide bonds. The van der Waals surface area contributed by atoms with Crippen LogP contribution in [0.1, 0.15) is 35.7 Å². The summed E-state index contributed by atoms with van der Waals surface area (Å²) < 4.78 is 12.2. The van der Waals surface area contributed by atoms with Crippen LogP contribution in [-0.2, 0) is 10.8 Å². The van der Waals surface area contributed by atoms with E-state index in [0.29, 0.717) is 21.4 Å². The van der Waals surface area contributed by atoms with Crippen molar-refractivity contribution in [3.63, 3.8) is 0 Å². The van der Waals surface area contributed by atoms with Gasteiger partial charge in [-0.15, -0.1) is 0 Å². The lowest BCUT2D eigenvalue weighted by Crippen LogP contribution is -2.11. The number of rotatable bonds is 5. The lowest BCUT2D eigenvalue weighted by atomic mass is 10.0. The molecule has 21 heavy (non-hydrogen) atoms. The molecule has 0 fully saturated rings. The van der Waals surface area contributed by atoms with Gasteiger partial charge < -0.3 is 0 Å². The minimum atomic E-state index is -1.42. The van der Waals surface area contributed by atoms with Gasteiger partial charge in [0.05, 0.1) is 26.5 Å². The van der Waals surface area contributed by atoms with Crippen molar-refractivity contribution >= 4 is 28.2 Å². The van der Waals surface area contributed by atoms with Gasteiger partial charge in [0.15, 0.2) is 5.78 Å². The van der Waals surface area contributed by atoms with Gasteiger partial charge in [-0.05, 0) is 23.6 Å². The van der Waals surface area contributed by atoms with Crippen molar-refractivity contribution in [1.29, 1.82) is 0 Å². The molecule has 0 aliphatic carbocycles. The summed E-state index contributed by atoms with van der Waals surface area (Å²) in [5.74, 6) is 0.236. The first kappa shape index (κ1) is 15.9. The Morgan fingerprint density at radius 2 is 1.71 bits per heavy atom. The Balaban J connectivity index is 2.11. The van der Waals surface area contributed by atoms with E-state index in [0.717, 1.165) is 0 Å². The molecular weight excluding hydrogens is 304 g/mol. The molecule has 4 heteroatoms. The third kappa shape index (κ3) is 4.02. The SMILES string of the molecule is CC(C)c1ccc(C(=O)CS(=O)c2ccccc2Cl)cc1. The molecule has 2 aromatic carbocycles. The first-order chi connectivity index (χ1) is 9.99. The van der Waals surface area contributed by atoms with E-state index >= 15 is 0 Å². The van der Waals surface area contributed by atoms with Crippen molar-refractivity contribution in [1.82, 2.24) is 0 Å². The molecule has 0 aromatic heterocycles. The molecule has 0 spiro atoms. The fourth-order valence-corrected chi connectivity index (χ4v) is 3.43. The summed E-state index contributed by atoms with van der Waals surface area (Å²) in [7, 11) is -1.42. The molecule has 0 radical (unpaired) electrons. The highest BCUT2D eigenvalue weighted by atomic mass is 35.5. The van der Waals surface area contributed by atoms with Gasteiger partial charge in [-0.25, -0.2) is 0 Å². The minimum absolute atomic E-state index is 0.0508. The normalized spacial score (nSPS) is 12.4. The monoisotopic (exact) mass is 320 g/mol. The fourth-order valence-electron chi connectivity index (χ4n) is 1.96. The highest BCUT2D eigenvalue weighted by Gasteiger charge is 2.14. The van der Waals surface area contributed by atoms with Crippen LogP contribution in [0.2, 0.25) is 5.02 Å². The molecule has 0 aliphatic heterocycles. The van der Waals surface area contributed by atoms with E-state index in [9.17, 15) is 9.00 Å². The van der Waals surface area contributed by atoms with E-state index in [1.165, 1.54) is 5.56 Å². The minimum Gasteiger partial charge on any atom is -0.293 e. The van der Waals surface area contributed by atoms with Crippen LogP contribution >= 0.6 is 11.6 Å². The van der Waals surface area contributed by atoms with Gasteiger partial charge in [-0.3, -0.25) is 9.00 Å². The van der Waals surface area contributed by atoms with Crippen LogP contribution < -0.4 is 0 Å². The zero-order valence-corrected chi connectivity index (χ0v) is 13.6. The van der Waals surface area contributed by atoms with Gasteiger partial charge in [0.25, 0.3) is 0 Å². The second-order valence-corrected chi connectivity index (χ2v) is 6.95. The number of hydrogen-bond acceptors (Lipinski definition) is 2. The van der Waals surface area contributed by atoms with Gasteiger partial charge in [-0.2, -0.15) is 0 Å². The maximum atomic E-state index is 12.2. The number of ketones is 1. The first-order valence-corrected chi connectivity index (χ1v) is 8.45. The predicted molar refractivity (Wildman–Crippen MR) is 87.6 cm³/mol. The summed E-state index contributed by atoms with van der Waals surface area (Å²) in [5, 5.41) is 0.429. The van der Waals surface area contributed by atoms with E-state index in [1.54, 1.807) is 36.4 Å². The average Bonchev–Trinajstić information content (AvgIpc) is 2.47. The van der Waals surface area contributed by atoms with Gasteiger partial charge in [0, 0.05) is 5.56 Å². The van der Waals surface area contributed by atoms with E-state index in [1.807, 2.05) is 12.1 Å². The van der Waals surface area contributed by atoms with Crippen molar-refractivity contribution in [2.75, 3.05) is 5.75 Å². The van der Waals surface area contributed by atoms with Crippen LogP contribution in [0.5, 0.6) is 0 Å². The smallest absolute Gasteiger partial charge is 0.175 e. The molecule has 0 N–H and O–H groups in total. The van der Waals surface area contributed by atoms with Crippen LogP contribution in [0.3, 0.4) is 0 Å². The van der Waals surface area contributed by atoms with Crippen molar-refractivity contribution in [2.24, 2.45) is 0 Å². The third-order valence-corrected chi connectivity index (χ3v) is 5.06. The Bertz CT molecular complexity index is 663. The maximum absolute atomic E-state index is 12.2. The third-order valence-electron chi connectivity index (χ3n) is 3.24. The highest BCUT2D eigenvalue weighted by Crippen LogP contribution is 2.20. The Hall–Kier alpha value is -1.45. The van der Waals surface area contributed by atoms with E-state index < -0.39 is 10.8 Å². The maximum Gasteiger partial charge on any atom is 0.175 e. The second-order valence-electron chi connectivity index (χ2n) is 5.12. The number of carbonyl (C=O) groups excluding carboxylic acids is 1. The van der Waals surface area contributed by atoms with Crippen LogP contribution in [0.25, 0.3) is 0 Å². The zero-order valence-electron chi connectivity index (χ0n) is 12.0. The standard InChI is InChI=1S/C17H17ClO2S/c1-12(2)13-7-9-14(10-8-13)16(19)11-21(20)17-6-4-3-5-15(17)18/h3-10,12H,11H2,1-2H3. The largest absolute Gasteiger partial charge is 0.293 e. The number of hydrogen-bond donors (Lipinski definition) is 0. The topological polar surface area (TPSA) is 34.1 Å². The highest BCUT2D eigenvalue weighted by molar-refractivity contribution is 7.86. The van der Waals surface area contributed by atoms with Gasteiger partial charge in [-0.1, -0.05) is 61.8 Å². The lowest BCUT2D eigenvalue weighted by molar-refractivity contribution is 0.102. The van der Waals surface area contributed by atoms with Crippen molar-refractivity contribution in [3.05, 3.63) is 64.7 Å². The summed E-state index contributed by atoms with van der Waals surface area (Å²) >= 11 is 6.00. The molecule has 1 atom stereocenters. The molecule has 0 saturated heterocycles. The lowest BCUT2D eigenvalue weighted by Gasteiger charge is -2.07. The average molecular weight is 321 g/mol. The summed E-state index contributed by atoms with van der Waals surface area (Å²) in [6, 6.07) is 14.4. The van der Waals surface area contributed by atoms with Crippen LogP contribution in [0.4, 0.5) is 0 Å². The van der Waals surface area contributed by atoms with Gasteiger partial charge >= 0.3 is 0 Å². The van der Waals surface area contributed by atoms with Crippen molar-refractivity contribution in [2.45, 2.75) is 24.7 Å². The van der Waals surface area contributed by atoms with E-state index in [4.69, 9.17) is 11.6 Å². The van der Waals surface area contributed by atoms with Crippen LogP contribution in [-0.4, -0.2) is 15.7 Å². The second kappa shape index (κ2) is 7.01. The molecule has 1 unspecified atom stereocenters. The number of halogens is 1. The first-order valence-electron chi connectivity index (χ1n) is 6.75.